The number of rotatable bonds is 7. The lowest BCUT2D eigenvalue weighted by Crippen LogP contribution is -2.32. The molecule has 1 fully saturated rings. The number of anilines is 1. The zero-order valence-electron chi connectivity index (χ0n) is 18.0. The molecule has 0 spiro atoms. The van der Waals surface area contributed by atoms with Gasteiger partial charge < -0.3 is 29.8 Å². The number of hydrogen-bond donors (Lipinski definition) is 3. The van der Waals surface area contributed by atoms with Gasteiger partial charge in [-0.1, -0.05) is 42.4 Å². The number of nitrogens with zero attached hydrogens (tertiary/aromatic N) is 4. The number of ether oxygens (including phenoxy) is 1. The van der Waals surface area contributed by atoms with Gasteiger partial charge in [0.25, 0.3) is 0 Å². The maximum Gasteiger partial charge on any atom is 0.164 e. The molecular formula is C23H25N5O4S. The van der Waals surface area contributed by atoms with E-state index in [-0.39, 0.29) is 0 Å². The Morgan fingerprint density at radius 2 is 1.94 bits per heavy atom. The third kappa shape index (κ3) is 3.99. The largest absolute Gasteiger partial charge is 0.387 e. The molecule has 10 heteroatoms. The van der Waals surface area contributed by atoms with Crippen molar-refractivity contribution >= 4 is 28.6 Å². The molecule has 33 heavy (non-hydrogen) atoms. The average molecular weight is 468 g/mol. The Hall–Kier alpha value is -2.92. The van der Waals surface area contributed by atoms with Gasteiger partial charge in [0, 0.05) is 35.3 Å². The molecule has 4 aromatic rings. The lowest BCUT2D eigenvalue weighted by Gasteiger charge is -2.17. The SMILES string of the molecule is CCc1onc(-c2ccccc2)c1CSC[C@H]1O[C@@H](n2ccc3c(N)ncnc32)[C@H](O)[C@@H]1O. The molecule has 0 amide bonds. The first-order valence-electron chi connectivity index (χ1n) is 10.8. The molecule has 1 aliphatic rings. The highest BCUT2D eigenvalue weighted by Gasteiger charge is 2.44. The maximum atomic E-state index is 10.7. The van der Waals surface area contributed by atoms with Crippen LogP contribution in [-0.2, 0) is 16.9 Å². The molecule has 0 saturated carbocycles. The lowest BCUT2D eigenvalue weighted by molar-refractivity contribution is -0.0285. The molecule has 4 N–H and O–H groups in total. The van der Waals surface area contributed by atoms with E-state index in [0.29, 0.717) is 28.4 Å². The number of hydrogen-bond acceptors (Lipinski definition) is 9. The van der Waals surface area contributed by atoms with Gasteiger partial charge in [0.15, 0.2) is 6.23 Å². The summed E-state index contributed by atoms with van der Waals surface area (Å²) in [5, 5.41) is 26.3. The summed E-state index contributed by atoms with van der Waals surface area (Å²) in [6.45, 7) is 2.03. The second kappa shape index (κ2) is 9.14. The van der Waals surface area contributed by atoms with Gasteiger partial charge in [-0.3, -0.25) is 0 Å². The van der Waals surface area contributed by atoms with Crippen molar-refractivity contribution in [2.45, 2.75) is 43.6 Å². The summed E-state index contributed by atoms with van der Waals surface area (Å²) < 4.78 is 13.3. The standard InChI is InChI=1S/C23H25N5O4S/c1-2-16-15(18(27-32-16)13-6-4-3-5-7-13)10-33-11-17-19(29)20(30)23(31-17)28-9-8-14-21(24)25-12-26-22(14)28/h3-9,12,17,19-20,23,29-30H,2,10-11H2,1H3,(H2,24,25,26)/t17-,19-,20-,23-/m1/s1. The molecule has 4 heterocycles. The van der Waals surface area contributed by atoms with Crippen LogP contribution in [0.1, 0.15) is 24.5 Å². The van der Waals surface area contributed by atoms with Gasteiger partial charge in [0.05, 0.1) is 11.5 Å². The van der Waals surface area contributed by atoms with E-state index in [9.17, 15) is 10.2 Å². The fourth-order valence-electron chi connectivity index (χ4n) is 4.16. The van der Waals surface area contributed by atoms with Crippen molar-refractivity contribution in [3.05, 3.63) is 60.2 Å². The van der Waals surface area contributed by atoms with Crippen molar-refractivity contribution in [2.75, 3.05) is 11.5 Å². The van der Waals surface area contributed by atoms with Crippen LogP contribution in [0.15, 0.2) is 53.4 Å². The molecule has 1 aliphatic heterocycles. The predicted octanol–water partition coefficient (Wildman–Crippen LogP) is 2.78. The van der Waals surface area contributed by atoms with E-state index in [1.54, 1.807) is 28.6 Å². The van der Waals surface area contributed by atoms with E-state index in [1.165, 1.54) is 6.33 Å². The Kier molecular flexibility index (Phi) is 6.07. The summed E-state index contributed by atoms with van der Waals surface area (Å²) in [5.74, 6) is 2.35. The molecule has 4 atom stereocenters. The van der Waals surface area contributed by atoms with Crippen molar-refractivity contribution in [3.8, 4) is 11.3 Å². The Bertz CT molecular complexity index is 1240. The fraction of sp³-hybridized carbons (Fsp3) is 0.348. The number of aromatic nitrogens is 4. The number of benzene rings is 1. The number of aryl methyl sites for hydroxylation is 1. The highest BCUT2D eigenvalue weighted by molar-refractivity contribution is 7.98. The highest BCUT2D eigenvalue weighted by atomic mass is 32.2. The number of aliphatic hydroxyl groups is 2. The number of fused-ring (bicyclic) bond motifs is 1. The first-order chi connectivity index (χ1) is 16.1. The Morgan fingerprint density at radius 1 is 1.12 bits per heavy atom. The normalized spacial score (nSPS) is 22.9. The summed E-state index contributed by atoms with van der Waals surface area (Å²) in [6.07, 6.45) is 0.419. The van der Waals surface area contributed by atoms with Crippen molar-refractivity contribution in [2.24, 2.45) is 0 Å². The van der Waals surface area contributed by atoms with Crippen molar-refractivity contribution in [1.82, 2.24) is 19.7 Å². The molecular weight excluding hydrogens is 442 g/mol. The second-order valence-electron chi connectivity index (χ2n) is 7.93. The molecule has 172 valence electrons. The first kappa shape index (κ1) is 21.9. The van der Waals surface area contributed by atoms with Crippen molar-refractivity contribution in [3.63, 3.8) is 0 Å². The molecule has 0 bridgehead atoms. The molecule has 9 nitrogen and oxygen atoms in total. The van der Waals surface area contributed by atoms with Gasteiger partial charge in [-0.25, -0.2) is 9.97 Å². The molecule has 1 saturated heterocycles. The number of nitrogen functional groups attached to an aromatic ring is 1. The molecule has 3 aromatic heterocycles. The van der Waals surface area contributed by atoms with Gasteiger partial charge in [-0.05, 0) is 6.07 Å². The Balaban J connectivity index is 1.30. The van der Waals surface area contributed by atoms with Crippen LogP contribution in [-0.4, -0.2) is 54.0 Å². The van der Waals surface area contributed by atoms with E-state index in [0.717, 1.165) is 29.0 Å². The van der Waals surface area contributed by atoms with E-state index in [2.05, 4.69) is 15.1 Å². The minimum Gasteiger partial charge on any atom is -0.387 e. The number of thioether (sulfide) groups is 1. The van der Waals surface area contributed by atoms with Crippen LogP contribution in [0.4, 0.5) is 5.82 Å². The lowest BCUT2D eigenvalue weighted by atomic mass is 10.1. The van der Waals surface area contributed by atoms with Crippen LogP contribution in [0.3, 0.4) is 0 Å². The first-order valence-corrected chi connectivity index (χ1v) is 11.9. The van der Waals surface area contributed by atoms with Crippen LogP contribution in [0, 0.1) is 0 Å². The summed E-state index contributed by atoms with van der Waals surface area (Å²) in [5.41, 5.74) is 9.35. The minimum absolute atomic E-state index is 0.355. The maximum absolute atomic E-state index is 10.7. The summed E-state index contributed by atoms with van der Waals surface area (Å²) >= 11 is 1.61. The topological polar surface area (TPSA) is 132 Å². The van der Waals surface area contributed by atoms with E-state index in [4.69, 9.17) is 15.0 Å². The van der Waals surface area contributed by atoms with Gasteiger partial charge in [0.2, 0.25) is 0 Å². The molecule has 1 aromatic carbocycles. The van der Waals surface area contributed by atoms with Crippen molar-refractivity contribution < 1.29 is 19.5 Å². The minimum atomic E-state index is -1.09. The van der Waals surface area contributed by atoms with Crippen molar-refractivity contribution in [1.29, 1.82) is 0 Å². The van der Waals surface area contributed by atoms with Crippen LogP contribution in [0.5, 0.6) is 0 Å². The van der Waals surface area contributed by atoms with Gasteiger partial charge in [-0.15, -0.1) is 0 Å². The van der Waals surface area contributed by atoms with E-state index in [1.807, 2.05) is 37.3 Å². The summed E-state index contributed by atoms with van der Waals surface area (Å²) in [6, 6.07) is 11.7. The Labute approximate surface area is 194 Å². The zero-order valence-corrected chi connectivity index (χ0v) is 18.9. The van der Waals surface area contributed by atoms with Crippen LogP contribution < -0.4 is 5.73 Å². The number of nitrogens with two attached hydrogens (primary N) is 1. The van der Waals surface area contributed by atoms with Gasteiger partial charge in [-0.2, -0.15) is 11.8 Å². The predicted molar refractivity (Wildman–Crippen MR) is 125 cm³/mol. The smallest absolute Gasteiger partial charge is 0.164 e. The average Bonchev–Trinajstić information content (AvgIpc) is 3.52. The second-order valence-corrected chi connectivity index (χ2v) is 8.96. The van der Waals surface area contributed by atoms with Gasteiger partial charge in [0.1, 0.15) is 41.5 Å². The quantitative estimate of drug-likeness (QED) is 0.375. The molecule has 5 rings (SSSR count). The molecule has 0 radical (unpaired) electrons. The molecule has 0 unspecified atom stereocenters. The highest BCUT2D eigenvalue weighted by Crippen LogP contribution is 2.35. The Morgan fingerprint density at radius 3 is 2.73 bits per heavy atom. The third-order valence-corrected chi connectivity index (χ3v) is 6.97. The summed E-state index contributed by atoms with van der Waals surface area (Å²) in [4.78, 5) is 8.25. The number of aliphatic hydroxyl groups excluding tert-OH is 2. The van der Waals surface area contributed by atoms with Crippen LogP contribution in [0.25, 0.3) is 22.3 Å². The van der Waals surface area contributed by atoms with E-state index < -0.39 is 24.5 Å². The van der Waals surface area contributed by atoms with E-state index >= 15 is 0 Å². The van der Waals surface area contributed by atoms with Gasteiger partial charge >= 0.3 is 0 Å². The summed E-state index contributed by atoms with van der Waals surface area (Å²) in [7, 11) is 0. The van der Waals surface area contributed by atoms with Crippen LogP contribution in [0.2, 0.25) is 0 Å². The fourth-order valence-corrected chi connectivity index (χ4v) is 5.29. The third-order valence-electron chi connectivity index (χ3n) is 5.92. The monoisotopic (exact) mass is 467 g/mol. The van der Waals surface area contributed by atoms with Crippen LogP contribution >= 0.6 is 11.8 Å². The molecule has 0 aliphatic carbocycles. The zero-order chi connectivity index (χ0) is 22.9.